The van der Waals surface area contributed by atoms with E-state index in [9.17, 15) is 0 Å². The first kappa shape index (κ1) is 22.2. The summed E-state index contributed by atoms with van der Waals surface area (Å²) in [6.45, 7) is 2.58. The van der Waals surface area contributed by atoms with Crippen LogP contribution in [-0.2, 0) is 5.75 Å². The van der Waals surface area contributed by atoms with E-state index in [2.05, 4.69) is 20.2 Å². The van der Waals surface area contributed by atoms with Gasteiger partial charge in [-0.1, -0.05) is 35.5 Å². The molecule has 34 heavy (non-hydrogen) atoms. The lowest BCUT2D eigenvalue weighted by atomic mass is 10.2. The minimum absolute atomic E-state index is 0.492. The lowest BCUT2D eigenvalue weighted by molar-refractivity contribution is 0.340. The van der Waals surface area contributed by atoms with Gasteiger partial charge >= 0.3 is 0 Å². The van der Waals surface area contributed by atoms with Crippen LogP contribution >= 0.6 is 23.4 Å². The van der Waals surface area contributed by atoms with Crippen LogP contribution in [0, 0.1) is 0 Å². The van der Waals surface area contributed by atoms with Gasteiger partial charge in [-0.3, -0.25) is 9.55 Å². The molecule has 3 aromatic heterocycles. The molecular formula is C25H20ClN5O2S. The van der Waals surface area contributed by atoms with Gasteiger partial charge in [0.05, 0.1) is 18.6 Å². The topological polar surface area (TPSA) is 78.9 Å². The monoisotopic (exact) mass is 489 g/mol. The second-order valence-electron chi connectivity index (χ2n) is 7.22. The number of nitrogens with zero attached hydrogens (tertiary/aromatic N) is 5. The largest absolute Gasteiger partial charge is 0.494 e. The zero-order valence-electron chi connectivity index (χ0n) is 18.3. The number of rotatable bonds is 8. The molecule has 0 aliphatic carbocycles. The Morgan fingerprint density at radius 2 is 1.82 bits per heavy atom. The minimum atomic E-state index is 0.492. The number of oxazole rings is 1. The summed E-state index contributed by atoms with van der Waals surface area (Å²) in [7, 11) is 0. The van der Waals surface area contributed by atoms with Gasteiger partial charge in [-0.2, -0.15) is 0 Å². The number of halogens is 1. The van der Waals surface area contributed by atoms with E-state index in [0.717, 1.165) is 33.5 Å². The van der Waals surface area contributed by atoms with E-state index in [0.29, 0.717) is 29.0 Å². The Balaban J connectivity index is 1.43. The molecule has 0 atom stereocenters. The molecule has 0 spiro atoms. The molecule has 7 nitrogen and oxygen atoms in total. The van der Waals surface area contributed by atoms with Gasteiger partial charge < -0.3 is 9.15 Å². The van der Waals surface area contributed by atoms with Gasteiger partial charge in [0, 0.05) is 34.2 Å². The summed E-state index contributed by atoms with van der Waals surface area (Å²) in [6.07, 6.45) is 5.19. The maximum absolute atomic E-state index is 6.10. The standard InChI is InChI=1S/C25H20ClN5O2S/c1-2-32-21-8-6-20(7-9-21)31-24(17-10-12-27-13-11-17)29-30-25(31)34-16-23-28-15-22(33-23)18-4-3-5-19(26)14-18/h3-15H,2,16H2,1H3. The highest BCUT2D eigenvalue weighted by atomic mass is 35.5. The highest BCUT2D eigenvalue weighted by Crippen LogP contribution is 2.31. The van der Waals surface area contributed by atoms with Crippen molar-refractivity contribution < 1.29 is 9.15 Å². The number of thioether (sulfide) groups is 1. The predicted octanol–water partition coefficient (Wildman–Crippen LogP) is 6.33. The fourth-order valence-corrected chi connectivity index (χ4v) is 4.42. The zero-order valence-corrected chi connectivity index (χ0v) is 19.8. The van der Waals surface area contributed by atoms with Crippen molar-refractivity contribution in [2.45, 2.75) is 17.8 Å². The molecule has 5 rings (SSSR count). The van der Waals surface area contributed by atoms with Gasteiger partial charge in [-0.25, -0.2) is 4.98 Å². The van der Waals surface area contributed by atoms with E-state index in [1.54, 1.807) is 18.6 Å². The third kappa shape index (κ3) is 4.83. The Hall–Kier alpha value is -3.62. The molecule has 0 aliphatic heterocycles. The summed E-state index contributed by atoms with van der Waals surface area (Å²) >= 11 is 7.60. The Kier molecular flexibility index (Phi) is 6.60. The van der Waals surface area contributed by atoms with Crippen LogP contribution in [0.5, 0.6) is 5.75 Å². The van der Waals surface area contributed by atoms with Crippen molar-refractivity contribution in [2.24, 2.45) is 0 Å². The Bertz CT molecular complexity index is 1390. The Morgan fingerprint density at radius 1 is 1.00 bits per heavy atom. The number of hydrogen-bond donors (Lipinski definition) is 0. The van der Waals surface area contributed by atoms with Gasteiger partial charge in [-0.05, 0) is 55.5 Å². The number of pyridine rings is 1. The van der Waals surface area contributed by atoms with Gasteiger partial charge in [0.15, 0.2) is 16.7 Å². The third-order valence-corrected chi connectivity index (χ3v) is 6.11. The van der Waals surface area contributed by atoms with Crippen LogP contribution in [0.25, 0.3) is 28.4 Å². The van der Waals surface area contributed by atoms with E-state index < -0.39 is 0 Å². The summed E-state index contributed by atoms with van der Waals surface area (Å²) in [5, 5.41) is 10.3. The summed E-state index contributed by atoms with van der Waals surface area (Å²) in [4.78, 5) is 8.54. The molecule has 5 aromatic rings. The van der Waals surface area contributed by atoms with Crippen molar-refractivity contribution in [1.29, 1.82) is 0 Å². The molecule has 9 heteroatoms. The first-order valence-electron chi connectivity index (χ1n) is 10.6. The second-order valence-corrected chi connectivity index (χ2v) is 8.60. The van der Waals surface area contributed by atoms with E-state index in [1.807, 2.05) is 72.2 Å². The molecule has 0 radical (unpaired) electrons. The van der Waals surface area contributed by atoms with Crippen molar-refractivity contribution in [3.8, 4) is 34.1 Å². The number of ether oxygens (including phenoxy) is 1. The quantitative estimate of drug-likeness (QED) is 0.236. The fraction of sp³-hybridized carbons (Fsp3) is 0.120. The molecule has 0 fully saturated rings. The molecule has 0 unspecified atom stereocenters. The second kappa shape index (κ2) is 10.1. The predicted molar refractivity (Wildman–Crippen MR) is 132 cm³/mol. The van der Waals surface area contributed by atoms with Crippen molar-refractivity contribution in [2.75, 3.05) is 6.61 Å². The highest BCUT2D eigenvalue weighted by molar-refractivity contribution is 7.98. The molecule has 0 aliphatic rings. The zero-order chi connectivity index (χ0) is 23.3. The molecule has 170 valence electrons. The average molecular weight is 490 g/mol. The lowest BCUT2D eigenvalue weighted by Crippen LogP contribution is -2.00. The highest BCUT2D eigenvalue weighted by Gasteiger charge is 2.17. The van der Waals surface area contributed by atoms with Crippen LogP contribution in [0.1, 0.15) is 12.8 Å². The molecule has 0 saturated carbocycles. The molecule has 0 N–H and O–H groups in total. The lowest BCUT2D eigenvalue weighted by Gasteiger charge is -2.11. The smallest absolute Gasteiger partial charge is 0.205 e. The average Bonchev–Trinajstić information content (AvgIpc) is 3.51. The normalized spacial score (nSPS) is 11.0. The summed E-state index contributed by atoms with van der Waals surface area (Å²) in [6, 6.07) is 19.2. The van der Waals surface area contributed by atoms with Crippen molar-refractivity contribution in [1.82, 2.24) is 24.7 Å². The minimum Gasteiger partial charge on any atom is -0.494 e. The molecule has 0 saturated heterocycles. The van der Waals surface area contributed by atoms with Crippen LogP contribution in [0.3, 0.4) is 0 Å². The van der Waals surface area contributed by atoms with E-state index in [4.69, 9.17) is 20.8 Å². The fourth-order valence-electron chi connectivity index (χ4n) is 3.42. The number of hydrogen-bond acceptors (Lipinski definition) is 7. The van der Waals surface area contributed by atoms with E-state index >= 15 is 0 Å². The van der Waals surface area contributed by atoms with Crippen LogP contribution in [0.4, 0.5) is 0 Å². The summed E-state index contributed by atoms with van der Waals surface area (Å²) in [5.74, 6) is 3.29. The van der Waals surface area contributed by atoms with Crippen LogP contribution in [-0.4, -0.2) is 31.3 Å². The molecule has 3 heterocycles. The SMILES string of the molecule is CCOc1ccc(-n2c(SCc3ncc(-c4cccc(Cl)c4)o3)nnc2-c2ccncc2)cc1. The molecular weight excluding hydrogens is 470 g/mol. The summed E-state index contributed by atoms with van der Waals surface area (Å²) < 4.78 is 13.6. The van der Waals surface area contributed by atoms with Crippen LogP contribution in [0.2, 0.25) is 5.02 Å². The van der Waals surface area contributed by atoms with Gasteiger partial charge in [0.25, 0.3) is 0 Å². The maximum Gasteiger partial charge on any atom is 0.205 e. The Morgan fingerprint density at radius 3 is 2.59 bits per heavy atom. The van der Waals surface area contributed by atoms with Crippen molar-refractivity contribution in [3.05, 3.63) is 90.2 Å². The van der Waals surface area contributed by atoms with Gasteiger partial charge in [0.2, 0.25) is 5.89 Å². The number of benzene rings is 2. The third-order valence-electron chi connectivity index (χ3n) is 4.97. The van der Waals surface area contributed by atoms with Crippen LogP contribution in [0.15, 0.2) is 88.8 Å². The summed E-state index contributed by atoms with van der Waals surface area (Å²) in [5.41, 5.74) is 2.73. The van der Waals surface area contributed by atoms with Crippen molar-refractivity contribution in [3.63, 3.8) is 0 Å². The van der Waals surface area contributed by atoms with Crippen LogP contribution < -0.4 is 4.74 Å². The first-order chi connectivity index (χ1) is 16.7. The molecule has 0 bridgehead atoms. The van der Waals surface area contributed by atoms with Crippen molar-refractivity contribution >= 4 is 23.4 Å². The van der Waals surface area contributed by atoms with Gasteiger partial charge in [-0.15, -0.1) is 10.2 Å². The van der Waals surface area contributed by atoms with E-state index in [-0.39, 0.29) is 0 Å². The Labute approximate surface area is 205 Å². The molecule has 0 amide bonds. The van der Waals surface area contributed by atoms with E-state index in [1.165, 1.54) is 11.8 Å². The first-order valence-corrected chi connectivity index (χ1v) is 12.0. The maximum atomic E-state index is 6.10. The molecule has 2 aromatic carbocycles. The van der Waals surface area contributed by atoms with Gasteiger partial charge in [0.1, 0.15) is 5.75 Å². The number of aromatic nitrogens is 5.